The number of nitrogens with one attached hydrogen (secondary N) is 1. The van der Waals surface area contributed by atoms with E-state index in [-0.39, 0.29) is 5.60 Å². The van der Waals surface area contributed by atoms with Crippen LogP contribution in [0.15, 0.2) is 0 Å². The molecule has 0 aromatic carbocycles. The van der Waals surface area contributed by atoms with Crippen molar-refractivity contribution in [2.24, 2.45) is 17.7 Å². The molecule has 2 saturated carbocycles. The lowest BCUT2D eigenvalue weighted by atomic mass is 9.71. The quantitative estimate of drug-likeness (QED) is 0.576. The van der Waals surface area contributed by atoms with Gasteiger partial charge in [-0.2, -0.15) is 0 Å². The fourth-order valence-electron chi connectivity index (χ4n) is 4.57. The van der Waals surface area contributed by atoms with Crippen LogP contribution < -0.4 is 11.3 Å². The zero-order valence-corrected chi connectivity index (χ0v) is 13.5. The predicted octanol–water partition coefficient (Wildman–Crippen LogP) is 3.77. The molecule has 0 saturated heterocycles. The maximum Gasteiger partial charge on any atom is 0.0850 e. The lowest BCUT2D eigenvalue weighted by Gasteiger charge is -2.46. The summed E-state index contributed by atoms with van der Waals surface area (Å²) in [6.45, 7) is 5.28. The number of hydrogen-bond donors (Lipinski definition) is 2. The van der Waals surface area contributed by atoms with Crippen LogP contribution in [0.25, 0.3) is 0 Å². The van der Waals surface area contributed by atoms with E-state index in [9.17, 15) is 0 Å². The highest BCUT2D eigenvalue weighted by Gasteiger charge is 2.43. The van der Waals surface area contributed by atoms with E-state index in [0.29, 0.717) is 6.04 Å². The third kappa shape index (κ3) is 3.96. The highest BCUT2D eigenvalue weighted by Crippen LogP contribution is 2.40. The first kappa shape index (κ1) is 16.3. The van der Waals surface area contributed by atoms with Crippen molar-refractivity contribution in [1.82, 2.24) is 5.43 Å². The molecule has 0 spiro atoms. The minimum absolute atomic E-state index is 0.0153. The van der Waals surface area contributed by atoms with E-state index < -0.39 is 0 Å². The third-order valence-corrected chi connectivity index (χ3v) is 5.55. The second-order valence-corrected chi connectivity index (χ2v) is 7.16. The van der Waals surface area contributed by atoms with Crippen LogP contribution in [0.4, 0.5) is 0 Å². The van der Waals surface area contributed by atoms with Crippen LogP contribution >= 0.6 is 0 Å². The van der Waals surface area contributed by atoms with Crippen molar-refractivity contribution in [3.63, 3.8) is 0 Å². The first-order valence-corrected chi connectivity index (χ1v) is 8.80. The molecule has 0 aromatic rings. The minimum Gasteiger partial charge on any atom is -0.374 e. The summed E-state index contributed by atoms with van der Waals surface area (Å²) < 4.78 is 6.29. The number of hydrazine groups is 1. The summed E-state index contributed by atoms with van der Waals surface area (Å²) in [6.07, 6.45) is 13.2. The van der Waals surface area contributed by atoms with Crippen molar-refractivity contribution >= 4 is 0 Å². The van der Waals surface area contributed by atoms with Gasteiger partial charge >= 0.3 is 0 Å². The Morgan fingerprint density at radius 2 is 1.95 bits per heavy atom. The lowest BCUT2D eigenvalue weighted by molar-refractivity contribution is -0.105. The Kier molecular flexibility index (Phi) is 6.31. The molecule has 2 rings (SSSR count). The van der Waals surface area contributed by atoms with E-state index in [1.165, 1.54) is 64.2 Å². The molecule has 3 heteroatoms. The van der Waals surface area contributed by atoms with E-state index >= 15 is 0 Å². The van der Waals surface area contributed by atoms with Gasteiger partial charge < -0.3 is 4.74 Å². The average molecular weight is 282 g/mol. The van der Waals surface area contributed by atoms with Crippen LogP contribution in [-0.4, -0.2) is 18.2 Å². The molecule has 0 bridgehead atoms. The Morgan fingerprint density at radius 1 is 1.20 bits per heavy atom. The van der Waals surface area contributed by atoms with Gasteiger partial charge in [0.2, 0.25) is 0 Å². The van der Waals surface area contributed by atoms with Crippen LogP contribution in [-0.2, 0) is 4.74 Å². The molecule has 3 atom stereocenters. The van der Waals surface area contributed by atoms with Gasteiger partial charge in [-0.25, -0.2) is 0 Å². The minimum atomic E-state index is -0.0153. The molecular weight excluding hydrogens is 248 g/mol. The molecule has 3 N–H and O–H groups in total. The molecule has 0 aromatic heterocycles. The molecule has 0 amide bonds. The lowest BCUT2D eigenvalue weighted by Crippen LogP contribution is -2.57. The molecule has 2 fully saturated rings. The van der Waals surface area contributed by atoms with Crippen LogP contribution in [0.1, 0.15) is 78.1 Å². The predicted molar refractivity (Wildman–Crippen MR) is 84.3 cm³/mol. The Hall–Kier alpha value is -0.120. The molecule has 0 heterocycles. The fraction of sp³-hybridized carbons (Fsp3) is 1.00. The molecule has 0 aliphatic heterocycles. The Balaban J connectivity index is 2.03. The zero-order valence-electron chi connectivity index (χ0n) is 13.5. The largest absolute Gasteiger partial charge is 0.374 e. The Bertz CT molecular complexity index is 274. The van der Waals surface area contributed by atoms with Crippen molar-refractivity contribution in [3.05, 3.63) is 0 Å². The molecule has 0 radical (unpaired) electrons. The van der Waals surface area contributed by atoms with E-state index in [0.717, 1.165) is 18.4 Å². The summed E-state index contributed by atoms with van der Waals surface area (Å²) in [5.74, 6) is 7.56. The van der Waals surface area contributed by atoms with Gasteiger partial charge in [-0.1, -0.05) is 51.9 Å². The normalized spacial score (nSPS) is 34.0. The van der Waals surface area contributed by atoms with Crippen molar-refractivity contribution in [3.8, 4) is 0 Å². The summed E-state index contributed by atoms with van der Waals surface area (Å²) in [5, 5.41) is 0. The molecule has 3 unspecified atom stereocenters. The summed E-state index contributed by atoms with van der Waals surface area (Å²) >= 11 is 0. The highest BCUT2D eigenvalue weighted by molar-refractivity contribution is 4.97. The van der Waals surface area contributed by atoms with Crippen molar-refractivity contribution < 1.29 is 4.74 Å². The van der Waals surface area contributed by atoms with Gasteiger partial charge in [0.25, 0.3) is 0 Å². The van der Waals surface area contributed by atoms with E-state index in [1.54, 1.807) is 0 Å². The fourth-order valence-corrected chi connectivity index (χ4v) is 4.57. The standard InChI is InChI=1S/C17H34N2O/c1-3-20-17(11-7-8-14(2)13-17)16(19-18)12-15-9-5-4-6-10-15/h14-16,19H,3-13,18H2,1-2H3. The Labute approximate surface area is 125 Å². The van der Waals surface area contributed by atoms with E-state index in [2.05, 4.69) is 19.3 Å². The molecule has 2 aliphatic rings. The molecule has 118 valence electrons. The number of hydrogen-bond acceptors (Lipinski definition) is 3. The SMILES string of the molecule is CCOC1(C(CC2CCCCC2)NN)CCCC(C)C1. The van der Waals surface area contributed by atoms with Crippen molar-refractivity contribution in [1.29, 1.82) is 0 Å². The summed E-state index contributed by atoms with van der Waals surface area (Å²) in [6, 6.07) is 0.327. The van der Waals surface area contributed by atoms with Crippen LogP contribution in [0.3, 0.4) is 0 Å². The topological polar surface area (TPSA) is 47.3 Å². The summed E-state index contributed by atoms with van der Waals surface area (Å²) in [5.41, 5.74) is 3.13. The molecule has 3 nitrogen and oxygen atoms in total. The van der Waals surface area contributed by atoms with Crippen LogP contribution in [0, 0.1) is 11.8 Å². The van der Waals surface area contributed by atoms with Crippen LogP contribution in [0.5, 0.6) is 0 Å². The molecule has 2 aliphatic carbocycles. The van der Waals surface area contributed by atoms with E-state index in [4.69, 9.17) is 10.6 Å². The van der Waals surface area contributed by atoms with E-state index in [1.807, 2.05) is 0 Å². The average Bonchev–Trinajstić information content (AvgIpc) is 2.46. The van der Waals surface area contributed by atoms with Gasteiger partial charge in [-0.15, -0.1) is 0 Å². The van der Waals surface area contributed by atoms with Gasteiger partial charge in [-0.05, 0) is 38.0 Å². The first-order valence-electron chi connectivity index (χ1n) is 8.80. The number of rotatable bonds is 6. The van der Waals surface area contributed by atoms with Crippen molar-refractivity contribution in [2.45, 2.75) is 89.7 Å². The van der Waals surface area contributed by atoms with Crippen LogP contribution in [0.2, 0.25) is 0 Å². The second kappa shape index (κ2) is 7.77. The molecule has 20 heavy (non-hydrogen) atoms. The van der Waals surface area contributed by atoms with Gasteiger partial charge in [-0.3, -0.25) is 11.3 Å². The van der Waals surface area contributed by atoms with Gasteiger partial charge in [0.1, 0.15) is 0 Å². The number of nitrogens with two attached hydrogens (primary N) is 1. The Morgan fingerprint density at radius 3 is 2.55 bits per heavy atom. The van der Waals surface area contributed by atoms with Gasteiger partial charge in [0.15, 0.2) is 0 Å². The first-order chi connectivity index (χ1) is 9.70. The van der Waals surface area contributed by atoms with Gasteiger partial charge in [0.05, 0.1) is 11.6 Å². The maximum absolute atomic E-state index is 6.29. The zero-order chi connectivity index (χ0) is 14.4. The summed E-state index contributed by atoms with van der Waals surface area (Å²) in [7, 11) is 0. The molecular formula is C17H34N2O. The van der Waals surface area contributed by atoms with Crippen molar-refractivity contribution in [2.75, 3.05) is 6.61 Å². The third-order valence-electron chi connectivity index (χ3n) is 5.55. The second-order valence-electron chi connectivity index (χ2n) is 7.16. The summed E-state index contributed by atoms with van der Waals surface area (Å²) in [4.78, 5) is 0. The highest BCUT2D eigenvalue weighted by atomic mass is 16.5. The number of ether oxygens (including phenoxy) is 1. The maximum atomic E-state index is 6.29. The smallest absolute Gasteiger partial charge is 0.0850 e. The monoisotopic (exact) mass is 282 g/mol. The van der Waals surface area contributed by atoms with Gasteiger partial charge in [0, 0.05) is 6.61 Å².